The van der Waals surface area contributed by atoms with Gasteiger partial charge in [0, 0.05) is 18.7 Å². The van der Waals surface area contributed by atoms with Crippen LogP contribution in [0.3, 0.4) is 0 Å². The van der Waals surface area contributed by atoms with Crippen LogP contribution in [0.4, 0.5) is 4.79 Å². The van der Waals surface area contributed by atoms with Crippen LogP contribution in [-0.4, -0.2) is 47.4 Å². The Hall–Kier alpha value is -1.11. The average molecular weight is 339 g/mol. The highest BCUT2D eigenvalue weighted by Gasteiger charge is 2.20. The number of nitrogens with one attached hydrogen (secondary N) is 1. The zero-order valence-corrected chi connectivity index (χ0v) is 14.2. The highest BCUT2D eigenvalue weighted by molar-refractivity contribution is 7.57. The molecular weight excluding hydrogens is 313 g/mol. The van der Waals surface area contributed by atoms with E-state index >= 15 is 0 Å². The second kappa shape index (κ2) is 10.6. The second-order valence-corrected chi connectivity index (χ2v) is 7.85. The molecule has 0 fully saturated rings. The van der Waals surface area contributed by atoms with E-state index in [0.29, 0.717) is 6.42 Å². The Kier molecular flexibility index (Phi) is 10.1. The van der Waals surface area contributed by atoms with Crippen molar-refractivity contribution in [1.29, 1.82) is 0 Å². The number of alkyl carbamates (subject to hydrolysis) is 1. The molecule has 3 N–H and O–H groups in total. The Labute approximate surface area is 130 Å². The number of carbonyl (C=O) groups is 2. The number of hydrogen-bond donors (Lipinski definition) is 3. The van der Waals surface area contributed by atoms with Crippen molar-refractivity contribution in [2.24, 2.45) is 5.92 Å². The number of aliphatic hydroxyl groups is 1. The van der Waals surface area contributed by atoms with Crippen LogP contribution in [-0.2, 0) is 18.8 Å². The van der Waals surface area contributed by atoms with Crippen LogP contribution in [0.15, 0.2) is 0 Å². The molecule has 0 bridgehead atoms. The van der Waals surface area contributed by atoms with Crippen LogP contribution in [0.25, 0.3) is 0 Å². The molecule has 0 saturated heterocycles. The lowest BCUT2D eigenvalue weighted by Gasteiger charge is -2.16. The molecule has 2 atom stereocenters. The van der Waals surface area contributed by atoms with Crippen molar-refractivity contribution in [2.45, 2.75) is 46.3 Å². The lowest BCUT2D eigenvalue weighted by atomic mass is 10.2. The van der Waals surface area contributed by atoms with Gasteiger partial charge in [0.05, 0.1) is 5.92 Å². The average Bonchev–Trinajstić information content (AvgIpc) is 2.43. The summed E-state index contributed by atoms with van der Waals surface area (Å²) in [7, 11) is -3.27. The van der Waals surface area contributed by atoms with Gasteiger partial charge in [0.1, 0.15) is 6.23 Å². The minimum absolute atomic E-state index is 0.0572. The number of ether oxygens (including phenoxy) is 2. The Bertz CT molecular complexity index is 400. The molecule has 0 radical (unpaired) electrons. The summed E-state index contributed by atoms with van der Waals surface area (Å²) in [5, 5.41) is 11.6. The summed E-state index contributed by atoms with van der Waals surface area (Å²) >= 11 is 0. The van der Waals surface area contributed by atoms with E-state index in [4.69, 9.17) is 0 Å². The van der Waals surface area contributed by atoms with Crippen LogP contribution >= 0.6 is 7.37 Å². The highest BCUT2D eigenvalue weighted by Crippen LogP contribution is 2.42. The first-order valence-corrected chi connectivity index (χ1v) is 9.29. The van der Waals surface area contributed by atoms with Crippen LogP contribution in [0.1, 0.15) is 40.0 Å². The first-order valence-electron chi connectivity index (χ1n) is 7.26. The van der Waals surface area contributed by atoms with Gasteiger partial charge in [0.15, 0.2) is 0 Å². The Morgan fingerprint density at radius 2 is 1.86 bits per heavy atom. The normalized spacial score (nSPS) is 15.0. The van der Waals surface area contributed by atoms with Crippen molar-refractivity contribution in [2.75, 3.05) is 19.1 Å². The summed E-state index contributed by atoms with van der Waals surface area (Å²) in [5.74, 6) is -0.843. The number of hydrogen-bond acceptors (Lipinski definition) is 6. The standard InChI is InChI=1S/C13H26NO7P/c1-4-5-7-22(18,19)8-6-11(15)14-13(17)21-9-20-12(16)10(2)3/h10-11,15H,4-9H2,1-3H3,(H,14,17)(H,18,19). The van der Waals surface area contributed by atoms with Gasteiger partial charge in [-0.3, -0.25) is 14.7 Å². The Morgan fingerprint density at radius 3 is 2.41 bits per heavy atom. The topological polar surface area (TPSA) is 122 Å². The van der Waals surface area contributed by atoms with Crippen molar-refractivity contribution in [1.82, 2.24) is 5.32 Å². The summed E-state index contributed by atoms with van der Waals surface area (Å²) in [6.07, 6.45) is -0.755. The van der Waals surface area contributed by atoms with E-state index in [1.54, 1.807) is 13.8 Å². The van der Waals surface area contributed by atoms with E-state index in [2.05, 4.69) is 14.8 Å². The first-order chi connectivity index (χ1) is 10.2. The number of unbranched alkanes of at least 4 members (excludes halogenated alkanes) is 1. The minimum Gasteiger partial charge on any atom is -0.428 e. The zero-order valence-electron chi connectivity index (χ0n) is 13.3. The molecular formula is C13H26NO7P. The SMILES string of the molecule is CCCCP(=O)(O)CCC(O)NC(=O)OCOC(=O)C(C)C. The predicted molar refractivity (Wildman–Crippen MR) is 80.5 cm³/mol. The van der Waals surface area contributed by atoms with Gasteiger partial charge in [0.25, 0.3) is 0 Å². The van der Waals surface area contributed by atoms with Crippen molar-refractivity contribution < 1.29 is 33.6 Å². The molecule has 0 aromatic rings. The number of carbonyl (C=O) groups excluding carboxylic acids is 2. The Morgan fingerprint density at radius 1 is 1.23 bits per heavy atom. The lowest BCUT2D eigenvalue weighted by molar-refractivity contribution is -0.155. The maximum atomic E-state index is 11.7. The molecule has 0 aliphatic carbocycles. The van der Waals surface area contributed by atoms with Gasteiger partial charge in [-0.25, -0.2) is 4.79 Å². The van der Waals surface area contributed by atoms with E-state index in [1.165, 1.54) is 0 Å². The molecule has 2 unspecified atom stereocenters. The van der Waals surface area contributed by atoms with Crippen LogP contribution in [0, 0.1) is 5.92 Å². The summed E-state index contributed by atoms with van der Waals surface area (Å²) in [6, 6.07) is 0. The van der Waals surface area contributed by atoms with Crippen molar-refractivity contribution >= 4 is 19.4 Å². The van der Waals surface area contributed by atoms with Gasteiger partial charge < -0.3 is 19.5 Å². The molecule has 0 aromatic carbocycles. The maximum Gasteiger partial charge on any atom is 0.412 e. The number of esters is 1. The minimum atomic E-state index is -3.27. The molecule has 22 heavy (non-hydrogen) atoms. The van der Waals surface area contributed by atoms with Crippen molar-refractivity contribution in [3.63, 3.8) is 0 Å². The molecule has 0 aliphatic rings. The molecule has 0 aliphatic heterocycles. The zero-order chi connectivity index (χ0) is 17.2. The van der Waals surface area contributed by atoms with Gasteiger partial charge in [-0.05, 0) is 6.42 Å². The molecule has 130 valence electrons. The third kappa shape index (κ3) is 10.6. The van der Waals surface area contributed by atoms with E-state index in [0.717, 1.165) is 6.42 Å². The molecule has 0 rings (SSSR count). The van der Waals surface area contributed by atoms with Gasteiger partial charge >= 0.3 is 12.1 Å². The van der Waals surface area contributed by atoms with E-state index in [9.17, 15) is 24.2 Å². The molecule has 0 saturated carbocycles. The lowest BCUT2D eigenvalue weighted by Crippen LogP contribution is -2.36. The molecule has 8 nitrogen and oxygen atoms in total. The van der Waals surface area contributed by atoms with Gasteiger partial charge in [-0.2, -0.15) is 0 Å². The number of rotatable bonds is 10. The fourth-order valence-electron chi connectivity index (χ4n) is 1.40. The summed E-state index contributed by atoms with van der Waals surface area (Å²) in [4.78, 5) is 32.0. The number of amides is 1. The van der Waals surface area contributed by atoms with Gasteiger partial charge in [0.2, 0.25) is 14.2 Å². The molecule has 0 spiro atoms. The van der Waals surface area contributed by atoms with E-state index < -0.39 is 32.5 Å². The first kappa shape index (κ1) is 20.9. The fourth-order valence-corrected chi connectivity index (χ4v) is 3.08. The van der Waals surface area contributed by atoms with Crippen LogP contribution in [0.2, 0.25) is 0 Å². The molecule has 0 aromatic heterocycles. The van der Waals surface area contributed by atoms with Crippen LogP contribution in [0.5, 0.6) is 0 Å². The van der Waals surface area contributed by atoms with Crippen molar-refractivity contribution in [3.8, 4) is 0 Å². The smallest absolute Gasteiger partial charge is 0.412 e. The third-order valence-electron chi connectivity index (χ3n) is 2.76. The number of aliphatic hydroxyl groups excluding tert-OH is 1. The van der Waals surface area contributed by atoms with Crippen molar-refractivity contribution in [3.05, 3.63) is 0 Å². The van der Waals surface area contributed by atoms with E-state index in [1.807, 2.05) is 6.92 Å². The molecule has 0 heterocycles. The molecule has 9 heteroatoms. The Balaban J connectivity index is 3.91. The monoisotopic (exact) mass is 339 g/mol. The predicted octanol–water partition coefficient (Wildman–Crippen LogP) is 1.65. The summed E-state index contributed by atoms with van der Waals surface area (Å²) in [6.45, 7) is 4.64. The van der Waals surface area contributed by atoms with Gasteiger partial charge in [-0.1, -0.05) is 27.2 Å². The third-order valence-corrected chi connectivity index (χ3v) is 4.73. The quantitative estimate of drug-likeness (QED) is 0.314. The highest BCUT2D eigenvalue weighted by atomic mass is 31.2. The van der Waals surface area contributed by atoms with Crippen LogP contribution < -0.4 is 5.32 Å². The maximum absolute atomic E-state index is 11.7. The van der Waals surface area contributed by atoms with Gasteiger partial charge in [-0.15, -0.1) is 0 Å². The largest absolute Gasteiger partial charge is 0.428 e. The van der Waals surface area contributed by atoms with E-state index in [-0.39, 0.29) is 24.7 Å². The second-order valence-electron chi connectivity index (χ2n) is 5.26. The summed E-state index contributed by atoms with van der Waals surface area (Å²) < 4.78 is 20.9. The molecule has 1 amide bonds. The fraction of sp³-hybridized carbons (Fsp3) is 0.846. The summed E-state index contributed by atoms with van der Waals surface area (Å²) in [5.41, 5.74) is 0.